The van der Waals surface area contributed by atoms with E-state index < -0.39 is 6.04 Å². The van der Waals surface area contributed by atoms with Crippen molar-refractivity contribution in [1.29, 1.82) is 0 Å². The minimum atomic E-state index is -0.554. The molecule has 29 heavy (non-hydrogen) atoms. The molecule has 0 radical (unpaired) electrons. The van der Waals surface area contributed by atoms with Crippen LogP contribution in [0.4, 0.5) is 5.69 Å². The second-order valence-corrected chi connectivity index (χ2v) is 8.41. The number of carbonyl (C=O) groups excluding carboxylic acids is 2. The zero-order valence-electron chi connectivity index (χ0n) is 15.0. The third-order valence-electron chi connectivity index (χ3n) is 4.74. The summed E-state index contributed by atoms with van der Waals surface area (Å²) in [6.45, 7) is -0.118. The number of rotatable bonds is 2. The first-order chi connectivity index (χ1) is 13.9. The summed E-state index contributed by atoms with van der Waals surface area (Å²) in [6.07, 6.45) is 0. The van der Waals surface area contributed by atoms with Crippen LogP contribution in [0.15, 0.2) is 71.2 Å². The van der Waals surface area contributed by atoms with Gasteiger partial charge in [-0.25, -0.2) is 0 Å². The van der Waals surface area contributed by atoms with Gasteiger partial charge in [0, 0.05) is 31.3 Å². The Morgan fingerprint density at radius 3 is 2.55 bits per heavy atom. The lowest BCUT2D eigenvalue weighted by atomic mass is 9.95. The maximum atomic E-state index is 13.5. The van der Waals surface area contributed by atoms with Gasteiger partial charge in [0.05, 0.1) is 6.04 Å². The summed E-state index contributed by atoms with van der Waals surface area (Å²) in [4.78, 5) is 27.6. The molecule has 0 bridgehead atoms. The molecule has 1 heterocycles. The second-order valence-electron chi connectivity index (χ2n) is 6.65. The van der Waals surface area contributed by atoms with Crippen molar-refractivity contribution >= 4 is 56.6 Å². The van der Waals surface area contributed by atoms with E-state index in [9.17, 15) is 9.59 Å². The van der Waals surface area contributed by atoms with Gasteiger partial charge < -0.3 is 10.2 Å². The highest BCUT2D eigenvalue weighted by Gasteiger charge is 2.35. The van der Waals surface area contributed by atoms with Crippen molar-refractivity contribution in [1.82, 2.24) is 4.90 Å². The normalized spacial score (nSPS) is 16.0. The number of carbonyl (C=O) groups is 2. The number of hydrogen-bond acceptors (Lipinski definition) is 2. The van der Waals surface area contributed by atoms with E-state index in [1.807, 2.05) is 36.4 Å². The third kappa shape index (κ3) is 4.04. The Balaban J connectivity index is 1.93. The van der Waals surface area contributed by atoms with Crippen LogP contribution in [0.25, 0.3) is 0 Å². The predicted molar refractivity (Wildman–Crippen MR) is 119 cm³/mol. The lowest BCUT2D eigenvalue weighted by Gasteiger charge is -2.31. The molecule has 3 aromatic carbocycles. The van der Waals surface area contributed by atoms with Gasteiger partial charge in [0.25, 0.3) is 5.91 Å². The van der Waals surface area contributed by atoms with Crippen molar-refractivity contribution in [2.45, 2.75) is 6.04 Å². The molecule has 2 amide bonds. The highest BCUT2D eigenvalue weighted by molar-refractivity contribution is 9.10. The number of nitrogens with one attached hydrogen (secondary N) is 1. The van der Waals surface area contributed by atoms with E-state index >= 15 is 0 Å². The third-order valence-corrected chi connectivity index (χ3v) is 5.81. The van der Waals surface area contributed by atoms with Crippen molar-refractivity contribution in [3.63, 3.8) is 0 Å². The Morgan fingerprint density at radius 2 is 1.79 bits per heavy atom. The first-order valence-electron chi connectivity index (χ1n) is 8.84. The molecule has 1 aliphatic rings. The van der Waals surface area contributed by atoms with Gasteiger partial charge in [-0.2, -0.15) is 0 Å². The monoisotopic (exact) mass is 488 g/mol. The highest BCUT2D eigenvalue weighted by Crippen LogP contribution is 2.40. The van der Waals surface area contributed by atoms with E-state index in [0.29, 0.717) is 21.3 Å². The van der Waals surface area contributed by atoms with Crippen LogP contribution in [0.3, 0.4) is 0 Å². The number of hydrogen-bond donors (Lipinski definition) is 1. The average molecular weight is 490 g/mol. The number of fused-ring (bicyclic) bond motifs is 1. The number of halogens is 3. The van der Waals surface area contributed by atoms with Crippen molar-refractivity contribution in [3.05, 3.63) is 97.9 Å². The molecule has 7 heteroatoms. The van der Waals surface area contributed by atoms with E-state index in [0.717, 1.165) is 15.6 Å². The minimum Gasteiger partial charge on any atom is -0.324 e. The van der Waals surface area contributed by atoms with Crippen LogP contribution >= 0.6 is 39.1 Å². The van der Waals surface area contributed by atoms with Crippen molar-refractivity contribution in [2.24, 2.45) is 0 Å². The van der Waals surface area contributed by atoms with E-state index in [2.05, 4.69) is 21.2 Å². The second kappa shape index (κ2) is 8.19. The van der Waals surface area contributed by atoms with Gasteiger partial charge in [0.2, 0.25) is 5.91 Å². The molecule has 3 aromatic rings. The number of nitrogens with zero attached hydrogens (tertiary/aromatic N) is 1. The molecule has 0 aromatic heterocycles. The fourth-order valence-electron chi connectivity index (χ4n) is 3.49. The van der Waals surface area contributed by atoms with Gasteiger partial charge in [-0.15, -0.1) is 0 Å². The summed E-state index contributed by atoms with van der Waals surface area (Å²) in [7, 11) is 0. The fraction of sp³-hybridized carbons (Fsp3) is 0.0909. The van der Waals surface area contributed by atoms with Crippen molar-refractivity contribution < 1.29 is 9.59 Å². The van der Waals surface area contributed by atoms with E-state index in [-0.39, 0.29) is 18.4 Å². The summed E-state index contributed by atoms with van der Waals surface area (Å²) in [5, 5.41) is 3.86. The summed E-state index contributed by atoms with van der Waals surface area (Å²) in [6, 6.07) is 19.0. The molecule has 0 saturated carbocycles. The summed E-state index contributed by atoms with van der Waals surface area (Å²) < 4.78 is 0.833. The first kappa shape index (κ1) is 20.0. The maximum Gasteiger partial charge on any atom is 0.255 e. The molecular formula is C22H15BrCl2N2O2. The molecule has 1 N–H and O–H groups in total. The van der Waals surface area contributed by atoms with E-state index in [1.165, 1.54) is 4.90 Å². The molecule has 4 rings (SSSR count). The lowest BCUT2D eigenvalue weighted by Crippen LogP contribution is -2.39. The Bertz CT molecular complexity index is 1120. The van der Waals surface area contributed by atoms with Crippen LogP contribution in [-0.2, 0) is 4.79 Å². The Kier molecular flexibility index (Phi) is 5.63. The zero-order chi connectivity index (χ0) is 20.5. The maximum absolute atomic E-state index is 13.5. The highest BCUT2D eigenvalue weighted by atomic mass is 79.9. The van der Waals surface area contributed by atoms with Gasteiger partial charge in [0.15, 0.2) is 0 Å². The Morgan fingerprint density at radius 1 is 1.00 bits per heavy atom. The van der Waals surface area contributed by atoms with Gasteiger partial charge in [-0.1, -0.05) is 63.4 Å². The SMILES string of the molecule is O=C1CN(C(=O)c2cccc(Cl)c2)C(c2ccccc2Cl)c2cc(Br)ccc2N1. The smallest absolute Gasteiger partial charge is 0.255 e. The lowest BCUT2D eigenvalue weighted by molar-refractivity contribution is -0.117. The van der Waals surface area contributed by atoms with Gasteiger partial charge >= 0.3 is 0 Å². The summed E-state index contributed by atoms with van der Waals surface area (Å²) >= 11 is 16.1. The number of benzene rings is 3. The first-order valence-corrected chi connectivity index (χ1v) is 10.4. The molecule has 0 saturated heterocycles. The number of amides is 2. The topological polar surface area (TPSA) is 49.4 Å². The molecule has 146 valence electrons. The van der Waals surface area contributed by atoms with Crippen LogP contribution < -0.4 is 5.32 Å². The van der Waals surface area contributed by atoms with Crippen LogP contribution in [0, 0.1) is 0 Å². The largest absolute Gasteiger partial charge is 0.324 e. The molecule has 4 nitrogen and oxygen atoms in total. The Labute approximate surface area is 186 Å². The molecular weight excluding hydrogens is 475 g/mol. The molecule has 1 atom stereocenters. The molecule has 0 fully saturated rings. The van der Waals surface area contributed by atoms with Crippen molar-refractivity contribution in [3.8, 4) is 0 Å². The number of anilines is 1. The average Bonchev–Trinajstić information content (AvgIpc) is 2.83. The molecule has 1 unspecified atom stereocenters. The summed E-state index contributed by atoms with van der Waals surface area (Å²) in [5.74, 6) is -0.584. The fourth-order valence-corrected chi connectivity index (χ4v) is 4.29. The van der Waals surface area contributed by atoms with E-state index in [4.69, 9.17) is 23.2 Å². The molecule has 0 aliphatic carbocycles. The zero-order valence-corrected chi connectivity index (χ0v) is 18.1. The van der Waals surface area contributed by atoms with Crippen LogP contribution in [0.2, 0.25) is 10.0 Å². The predicted octanol–water partition coefficient (Wildman–Crippen LogP) is 5.94. The molecule has 1 aliphatic heterocycles. The Hall–Kier alpha value is -2.34. The van der Waals surface area contributed by atoms with Gasteiger partial charge in [-0.3, -0.25) is 9.59 Å². The van der Waals surface area contributed by atoms with Crippen LogP contribution in [-0.4, -0.2) is 23.3 Å². The van der Waals surface area contributed by atoms with E-state index in [1.54, 1.807) is 30.3 Å². The van der Waals surface area contributed by atoms with Gasteiger partial charge in [0.1, 0.15) is 6.54 Å². The quantitative estimate of drug-likeness (QED) is 0.484. The van der Waals surface area contributed by atoms with Crippen LogP contribution in [0.1, 0.15) is 27.5 Å². The minimum absolute atomic E-state index is 0.118. The van der Waals surface area contributed by atoms with Crippen molar-refractivity contribution in [2.75, 3.05) is 11.9 Å². The van der Waals surface area contributed by atoms with Crippen LogP contribution in [0.5, 0.6) is 0 Å². The van der Waals surface area contributed by atoms with Gasteiger partial charge in [-0.05, 0) is 48.0 Å². The summed E-state index contributed by atoms with van der Waals surface area (Å²) in [5.41, 5.74) is 2.56. The standard InChI is InChI=1S/C22H15BrCl2N2O2/c23-14-8-9-19-17(11-14)21(16-6-1-2-7-18(16)25)27(12-20(28)26-19)22(29)13-4-3-5-15(24)10-13/h1-11,21H,12H2,(H,26,28). The molecule has 0 spiro atoms.